The molecule has 1 atom stereocenters. The van der Waals surface area contributed by atoms with Gasteiger partial charge in [-0.25, -0.2) is 4.79 Å². The first-order valence-corrected chi connectivity index (χ1v) is 4.25. The van der Waals surface area contributed by atoms with Crippen molar-refractivity contribution in [2.24, 2.45) is 10.3 Å². The molecule has 1 aromatic heterocycles. The van der Waals surface area contributed by atoms with E-state index < -0.39 is 12.0 Å². The van der Waals surface area contributed by atoms with Gasteiger partial charge >= 0.3 is 5.97 Å². The van der Waals surface area contributed by atoms with Gasteiger partial charge in [0.05, 0.1) is 19.0 Å². The molecule has 0 fully saturated rings. The molecule has 0 aliphatic rings. The highest BCUT2D eigenvalue weighted by atomic mass is 16.5. The summed E-state index contributed by atoms with van der Waals surface area (Å²) in [5, 5.41) is 19.4. The quantitative estimate of drug-likeness (QED) is 0.532. The molecule has 7 heteroatoms. The van der Waals surface area contributed by atoms with Crippen molar-refractivity contribution in [2.45, 2.75) is 13.0 Å². The van der Waals surface area contributed by atoms with Crippen LogP contribution in [0.3, 0.4) is 0 Å². The number of esters is 1. The van der Waals surface area contributed by atoms with Crippen LogP contribution in [0, 0.1) is 11.3 Å². The Kier molecular flexibility index (Phi) is 3.97. The Morgan fingerprint density at radius 3 is 3.13 bits per heavy atom. The molecule has 1 rings (SSSR count). The molecule has 0 N–H and O–H groups in total. The molecule has 1 unspecified atom stereocenters. The summed E-state index contributed by atoms with van der Waals surface area (Å²) in [6.07, 6.45) is 3.04. The van der Waals surface area contributed by atoms with E-state index in [9.17, 15) is 4.79 Å². The van der Waals surface area contributed by atoms with E-state index in [1.807, 2.05) is 0 Å². The molecule has 0 saturated heterocycles. The SMILES string of the molecule is CCOC(=O)C(C#N)N=Nn1cccn1. The summed E-state index contributed by atoms with van der Waals surface area (Å²) in [5.41, 5.74) is 0. The lowest BCUT2D eigenvalue weighted by molar-refractivity contribution is -0.143. The van der Waals surface area contributed by atoms with Gasteiger partial charge in [0.15, 0.2) is 0 Å². The van der Waals surface area contributed by atoms with Crippen molar-refractivity contribution in [3.8, 4) is 6.07 Å². The Balaban J connectivity index is 2.62. The van der Waals surface area contributed by atoms with E-state index in [-0.39, 0.29) is 6.61 Å². The molecule has 0 spiro atoms. The van der Waals surface area contributed by atoms with Crippen LogP contribution in [0.4, 0.5) is 0 Å². The van der Waals surface area contributed by atoms with E-state index in [4.69, 9.17) is 5.26 Å². The summed E-state index contributed by atoms with van der Waals surface area (Å²) in [7, 11) is 0. The van der Waals surface area contributed by atoms with E-state index in [1.165, 1.54) is 12.4 Å². The molecule has 0 amide bonds. The van der Waals surface area contributed by atoms with Gasteiger partial charge in [-0.3, -0.25) is 0 Å². The summed E-state index contributed by atoms with van der Waals surface area (Å²) in [4.78, 5) is 12.2. The van der Waals surface area contributed by atoms with Gasteiger partial charge in [-0.2, -0.15) is 10.4 Å². The van der Waals surface area contributed by atoms with Crippen molar-refractivity contribution < 1.29 is 9.53 Å². The molecule has 0 saturated carbocycles. The molecule has 1 heterocycles. The second kappa shape index (κ2) is 5.49. The third-order valence-electron chi connectivity index (χ3n) is 1.38. The Bertz CT molecular complexity index is 378. The summed E-state index contributed by atoms with van der Waals surface area (Å²) >= 11 is 0. The van der Waals surface area contributed by atoms with Crippen molar-refractivity contribution >= 4 is 5.97 Å². The average molecular weight is 207 g/mol. The highest BCUT2D eigenvalue weighted by Gasteiger charge is 2.17. The van der Waals surface area contributed by atoms with Crippen molar-refractivity contribution in [2.75, 3.05) is 6.61 Å². The fourth-order valence-electron chi connectivity index (χ4n) is 0.765. The zero-order chi connectivity index (χ0) is 11.1. The van der Waals surface area contributed by atoms with Crippen LogP contribution in [-0.4, -0.2) is 28.5 Å². The Labute approximate surface area is 85.9 Å². The number of nitrogens with zero attached hydrogens (tertiary/aromatic N) is 5. The lowest BCUT2D eigenvalue weighted by Crippen LogP contribution is -2.19. The van der Waals surface area contributed by atoms with Crippen LogP contribution in [0.25, 0.3) is 0 Å². The summed E-state index contributed by atoms with van der Waals surface area (Å²) in [5.74, 6) is -0.712. The number of aromatic nitrogens is 2. The van der Waals surface area contributed by atoms with Gasteiger partial charge in [0, 0.05) is 0 Å². The maximum atomic E-state index is 11.1. The first-order valence-electron chi connectivity index (χ1n) is 4.25. The first-order chi connectivity index (χ1) is 7.27. The monoisotopic (exact) mass is 207 g/mol. The molecule has 1 aromatic rings. The van der Waals surface area contributed by atoms with Crippen LogP contribution in [0.5, 0.6) is 0 Å². The summed E-state index contributed by atoms with van der Waals surface area (Å²) < 4.78 is 4.62. The zero-order valence-electron chi connectivity index (χ0n) is 8.07. The summed E-state index contributed by atoms with van der Waals surface area (Å²) in [6, 6.07) is 2.08. The lowest BCUT2D eigenvalue weighted by atomic mass is 10.4. The number of ether oxygens (including phenoxy) is 1. The largest absolute Gasteiger partial charge is 0.464 e. The van der Waals surface area contributed by atoms with E-state index in [0.717, 1.165) is 4.79 Å². The molecule has 78 valence electrons. The standard InChI is InChI=1S/C8H9N5O2/c1-2-15-8(14)7(6-9)11-12-13-5-3-4-10-13/h3-5,7H,2H2,1H3. The number of hydrogen-bond acceptors (Lipinski definition) is 6. The second-order valence-electron chi connectivity index (χ2n) is 2.42. The maximum absolute atomic E-state index is 11.1. The molecule has 0 aliphatic heterocycles. The number of carbonyl (C=O) groups is 1. The zero-order valence-corrected chi connectivity index (χ0v) is 8.07. The van der Waals surface area contributed by atoms with Gasteiger partial charge in [0.1, 0.15) is 6.07 Å². The average Bonchev–Trinajstić information content (AvgIpc) is 2.72. The fourth-order valence-corrected chi connectivity index (χ4v) is 0.765. The molecular formula is C8H9N5O2. The molecule has 0 aliphatic carbocycles. The molecule has 0 aromatic carbocycles. The maximum Gasteiger partial charge on any atom is 0.347 e. The fraction of sp³-hybridized carbons (Fsp3) is 0.375. The topological polar surface area (TPSA) is 92.6 Å². The minimum Gasteiger partial charge on any atom is -0.464 e. The van der Waals surface area contributed by atoms with E-state index in [2.05, 4.69) is 20.2 Å². The van der Waals surface area contributed by atoms with E-state index in [0.29, 0.717) is 0 Å². The second-order valence-corrected chi connectivity index (χ2v) is 2.42. The smallest absolute Gasteiger partial charge is 0.347 e. The first kappa shape index (κ1) is 10.8. The molecule has 15 heavy (non-hydrogen) atoms. The molecule has 0 bridgehead atoms. The highest BCUT2D eigenvalue weighted by Crippen LogP contribution is 1.96. The predicted molar refractivity (Wildman–Crippen MR) is 48.5 cm³/mol. The van der Waals surface area contributed by atoms with Crippen LogP contribution in [-0.2, 0) is 9.53 Å². The third-order valence-corrected chi connectivity index (χ3v) is 1.38. The number of nitriles is 1. The number of carbonyl (C=O) groups excluding carboxylic acids is 1. The van der Waals surface area contributed by atoms with E-state index in [1.54, 1.807) is 19.1 Å². The van der Waals surface area contributed by atoms with Crippen LogP contribution < -0.4 is 0 Å². The van der Waals surface area contributed by atoms with E-state index >= 15 is 0 Å². The number of rotatable bonds is 4. The van der Waals surface area contributed by atoms with Crippen molar-refractivity contribution in [3.05, 3.63) is 18.5 Å². The minimum atomic E-state index is -1.24. The van der Waals surface area contributed by atoms with Crippen LogP contribution >= 0.6 is 0 Å². The highest BCUT2D eigenvalue weighted by molar-refractivity contribution is 5.78. The third kappa shape index (κ3) is 3.19. The summed E-state index contributed by atoms with van der Waals surface area (Å²) in [6.45, 7) is 1.85. The van der Waals surface area contributed by atoms with Gasteiger partial charge in [-0.15, -0.1) is 9.91 Å². The predicted octanol–water partition coefficient (Wildman–Crippen LogP) is 0.554. The van der Waals surface area contributed by atoms with Crippen molar-refractivity contribution in [3.63, 3.8) is 0 Å². The van der Waals surface area contributed by atoms with Gasteiger partial charge in [-0.1, -0.05) is 0 Å². The normalized spacial score (nSPS) is 12.3. The Morgan fingerprint density at radius 2 is 2.60 bits per heavy atom. The van der Waals surface area contributed by atoms with Gasteiger partial charge in [0.25, 0.3) is 6.04 Å². The molecule has 7 nitrogen and oxygen atoms in total. The van der Waals surface area contributed by atoms with Gasteiger partial charge in [0.2, 0.25) is 0 Å². The number of hydrogen-bond donors (Lipinski definition) is 0. The van der Waals surface area contributed by atoms with Gasteiger partial charge < -0.3 is 4.74 Å². The molecule has 0 radical (unpaired) electrons. The Hall–Kier alpha value is -2.23. The minimum absolute atomic E-state index is 0.203. The van der Waals surface area contributed by atoms with Crippen molar-refractivity contribution in [1.29, 1.82) is 5.26 Å². The van der Waals surface area contributed by atoms with Crippen molar-refractivity contribution in [1.82, 2.24) is 9.89 Å². The van der Waals surface area contributed by atoms with Crippen LogP contribution in [0.2, 0.25) is 0 Å². The van der Waals surface area contributed by atoms with Crippen LogP contribution in [0.15, 0.2) is 28.8 Å². The molecular weight excluding hydrogens is 198 g/mol. The lowest BCUT2D eigenvalue weighted by Gasteiger charge is -2.01. The van der Waals surface area contributed by atoms with Gasteiger partial charge in [-0.05, 0) is 18.2 Å². The van der Waals surface area contributed by atoms with Crippen LogP contribution in [0.1, 0.15) is 6.92 Å². The Morgan fingerprint density at radius 1 is 1.80 bits per heavy atom.